The van der Waals surface area contributed by atoms with Crippen molar-refractivity contribution in [2.45, 2.75) is 26.1 Å². The molecule has 1 aromatic rings. The minimum absolute atomic E-state index is 0.128. The van der Waals surface area contributed by atoms with Crippen molar-refractivity contribution in [2.24, 2.45) is 5.92 Å². The smallest absolute Gasteiger partial charge is 0.418 e. The Morgan fingerprint density at radius 3 is 2.42 bits per heavy atom. The van der Waals surface area contributed by atoms with Gasteiger partial charge in [-0.2, -0.15) is 13.2 Å². The maximum atomic E-state index is 12.9. The standard InChI is InChI=1S/C12H13BrF3NO2/c1-6(11(18)19)7(2)17-10-4-3-8(13)5-9(10)12(14,15)16/h3-7,17H,1-2H3,(H,18,19). The van der Waals surface area contributed by atoms with Crippen molar-refractivity contribution in [1.82, 2.24) is 0 Å². The number of alkyl halides is 3. The van der Waals surface area contributed by atoms with Crippen LogP contribution in [-0.4, -0.2) is 17.1 Å². The molecule has 2 unspecified atom stereocenters. The normalized spacial score (nSPS) is 14.8. The van der Waals surface area contributed by atoms with Gasteiger partial charge in [0.25, 0.3) is 0 Å². The second-order valence-corrected chi connectivity index (χ2v) is 5.16. The third-order valence-corrected chi connectivity index (χ3v) is 3.30. The Labute approximate surface area is 116 Å². The summed E-state index contributed by atoms with van der Waals surface area (Å²) in [5, 5.41) is 11.4. The monoisotopic (exact) mass is 339 g/mol. The molecule has 0 aliphatic rings. The van der Waals surface area contributed by atoms with E-state index in [9.17, 15) is 18.0 Å². The average Bonchev–Trinajstić information content (AvgIpc) is 2.28. The molecule has 1 rings (SSSR count). The third kappa shape index (κ3) is 4.12. The summed E-state index contributed by atoms with van der Waals surface area (Å²) in [5.74, 6) is -1.87. The van der Waals surface area contributed by atoms with Crippen LogP contribution >= 0.6 is 15.9 Å². The first-order chi connectivity index (χ1) is 8.62. The molecule has 0 saturated heterocycles. The lowest BCUT2D eigenvalue weighted by Gasteiger charge is -2.22. The summed E-state index contributed by atoms with van der Waals surface area (Å²) in [6, 6.07) is 3.08. The number of anilines is 1. The van der Waals surface area contributed by atoms with E-state index in [1.54, 1.807) is 0 Å². The third-order valence-electron chi connectivity index (χ3n) is 2.81. The summed E-state index contributed by atoms with van der Waals surface area (Å²) in [6.45, 7) is 2.97. The van der Waals surface area contributed by atoms with Crippen LogP contribution in [-0.2, 0) is 11.0 Å². The molecule has 0 aliphatic heterocycles. The lowest BCUT2D eigenvalue weighted by Crippen LogP contribution is -2.30. The van der Waals surface area contributed by atoms with Gasteiger partial charge in [-0.25, -0.2) is 0 Å². The highest BCUT2D eigenvalue weighted by Crippen LogP contribution is 2.37. The molecule has 1 aromatic carbocycles. The molecule has 0 aromatic heterocycles. The number of halogens is 4. The van der Waals surface area contributed by atoms with Crippen molar-refractivity contribution in [2.75, 3.05) is 5.32 Å². The van der Waals surface area contributed by atoms with Crippen LogP contribution in [0.15, 0.2) is 22.7 Å². The lowest BCUT2D eigenvalue weighted by molar-refractivity contribution is -0.141. The van der Waals surface area contributed by atoms with Gasteiger partial charge in [0, 0.05) is 16.2 Å². The van der Waals surface area contributed by atoms with Gasteiger partial charge in [0.05, 0.1) is 11.5 Å². The van der Waals surface area contributed by atoms with E-state index in [-0.39, 0.29) is 5.69 Å². The number of rotatable bonds is 4. The number of benzene rings is 1. The van der Waals surface area contributed by atoms with E-state index < -0.39 is 29.7 Å². The van der Waals surface area contributed by atoms with Crippen molar-refractivity contribution in [1.29, 1.82) is 0 Å². The highest BCUT2D eigenvalue weighted by atomic mass is 79.9. The lowest BCUT2D eigenvalue weighted by atomic mass is 10.0. The molecule has 7 heteroatoms. The van der Waals surface area contributed by atoms with Crippen LogP contribution < -0.4 is 5.32 Å². The van der Waals surface area contributed by atoms with E-state index in [1.165, 1.54) is 26.0 Å². The number of carboxylic acids is 1. The highest BCUT2D eigenvalue weighted by Gasteiger charge is 2.34. The zero-order valence-electron chi connectivity index (χ0n) is 10.3. The van der Waals surface area contributed by atoms with Gasteiger partial charge in [-0.1, -0.05) is 15.9 Å². The molecule has 106 valence electrons. The Bertz CT molecular complexity index is 477. The second kappa shape index (κ2) is 5.81. The molecule has 0 spiro atoms. The van der Waals surface area contributed by atoms with Gasteiger partial charge in [-0.15, -0.1) is 0 Å². The predicted molar refractivity (Wildman–Crippen MR) is 69.0 cm³/mol. The maximum absolute atomic E-state index is 12.9. The van der Waals surface area contributed by atoms with Gasteiger partial charge in [0.1, 0.15) is 0 Å². The Balaban J connectivity index is 3.05. The van der Waals surface area contributed by atoms with Gasteiger partial charge in [-0.05, 0) is 32.0 Å². The van der Waals surface area contributed by atoms with Crippen LogP contribution in [0, 0.1) is 5.92 Å². The Morgan fingerprint density at radius 2 is 1.95 bits per heavy atom. The Hall–Kier alpha value is -1.24. The Kier molecular flexibility index (Phi) is 4.84. The molecule has 0 radical (unpaired) electrons. The first kappa shape index (κ1) is 15.8. The van der Waals surface area contributed by atoms with E-state index in [1.807, 2.05) is 0 Å². The zero-order valence-corrected chi connectivity index (χ0v) is 11.8. The SMILES string of the molecule is CC(Nc1ccc(Br)cc1C(F)(F)F)C(C)C(=O)O. The minimum Gasteiger partial charge on any atom is -0.481 e. The van der Waals surface area contributed by atoms with Gasteiger partial charge in [0.15, 0.2) is 0 Å². The quantitative estimate of drug-likeness (QED) is 0.871. The molecule has 0 bridgehead atoms. The summed E-state index contributed by atoms with van der Waals surface area (Å²) in [4.78, 5) is 10.8. The summed E-state index contributed by atoms with van der Waals surface area (Å²) in [6.07, 6.45) is -4.50. The number of carbonyl (C=O) groups is 1. The van der Waals surface area contributed by atoms with Crippen molar-refractivity contribution in [3.8, 4) is 0 Å². The first-order valence-electron chi connectivity index (χ1n) is 5.49. The van der Waals surface area contributed by atoms with E-state index in [0.29, 0.717) is 4.47 Å². The topological polar surface area (TPSA) is 49.3 Å². The van der Waals surface area contributed by atoms with E-state index in [4.69, 9.17) is 5.11 Å². The second-order valence-electron chi connectivity index (χ2n) is 4.25. The molecule has 2 atom stereocenters. The van der Waals surface area contributed by atoms with Crippen LogP contribution in [0.25, 0.3) is 0 Å². The van der Waals surface area contributed by atoms with Crippen LogP contribution in [0.1, 0.15) is 19.4 Å². The van der Waals surface area contributed by atoms with Crippen molar-refractivity contribution < 1.29 is 23.1 Å². The number of hydrogen-bond acceptors (Lipinski definition) is 2. The molecule has 3 nitrogen and oxygen atoms in total. The molecule has 0 aliphatic carbocycles. The van der Waals surface area contributed by atoms with E-state index in [0.717, 1.165) is 6.07 Å². The summed E-state index contributed by atoms with van der Waals surface area (Å²) >= 11 is 2.99. The van der Waals surface area contributed by atoms with Gasteiger partial charge < -0.3 is 10.4 Å². The molecule has 0 heterocycles. The van der Waals surface area contributed by atoms with Crippen molar-refractivity contribution in [3.05, 3.63) is 28.2 Å². The van der Waals surface area contributed by atoms with Crippen LogP contribution in [0.5, 0.6) is 0 Å². The first-order valence-corrected chi connectivity index (χ1v) is 6.28. The zero-order chi connectivity index (χ0) is 14.8. The van der Waals surface area contributed by atoms with Crippen molar-refractivity contribution >= 4 is 27.6 Å². The number of aliphatic carboxylic acids is 1. The van der Waals surface area contributed by atoms with E-state index >= 15 is 0 Å². The fourth-order valence-corrected chi connectivity index (χ4v) is 1.82. The average molecular weight is 340 g/mol. The molecule has 0 saturated carbocycles. The maximum Gasteiger partial charge on any atom is 0.418 e. The van der Waals surface area contributed by atoms with Crippen molar-refractivity contribution in [3.63, 3.8) is 0 Å². The molecule has 2 N–H and O–H groups in total. The highest BCUT2D eigenvalue weighted by molar-refractivity contribution is 9.10. The van der Waals surface area contributed by atoms with Gasteiger partial charge in [-0.3, -0.25) is 4.79 Å². The minimum atomic E-state index is -4.50. The number of nitrogens with one attached hydrogen (secondary N) is 1. The van der Waals surface area contributed by atoms with E-state index in [2.05, 4.69) is 21.2 Å². The molecule has 0 fully saturated rings. The molecular formula is C12H13BrF3NO2. The number of hydrogen-bond donors (Lipinski definition) is 2. The summed E-state index contributed by atoms with van der Waals surface area (Å²) in [7, 11) is 0. The molecular weight excluding hydrogens is 327 g/mol. The number of carboxylic acid groups (broad SMARTS) is 1. The predicted octanol–water partition coefficient (Wildman–Crippen LogP) is 3.99. The molecule has 19 heavy (non-hydrogen) atoms. The molecule has 0 amide bonds. The van der Waals surface area contributed by atoms with Crippen LogP contribution in [0.2, 0.25) is 0 Å². The summed E-state index contributed by atoms with van der Waals surface area (Å²) in [5.41, 5.74) is -0.956. The Morgan fingerprint density at radius 1 is 1.37 bits per heavy atom. The summed E-state index contributed by atoms with van der Waals surface area (Å²) < 4.78 is 38.9. The largest absolute Gasteiger partial charge is 0.481 e. The van der Waals surface area contributed by atoms with Gasteiger partial charge in [0.2, 0.25) is 0 Å². The van der Waals surface area contributed by atoms with Gasteiger partial charge >= 0.3 is 12.1 Å². The fraction of sp³-hybridized carbons (Fsp3) is 0.417. The van der Waals surface area contributed by atoms with Crippen LogP contribution in [0.3, 0.4) is 0 Å². The van der Waals surface area contributed by atoms with Crippen LogP contribution in [0.4, 0.5) is 18.9 Å². The fourth-order valence-electron chi connectivity index (χ4n) is 1.46.